The first-order chi connectivity index (χ1) is 13.5. The van der Waals surface area contributed by atoms with Gasteiger partial charge >= 0.3 is 0 Å². The molecule has 3 aromatic carbocycles. The molecule has 140 valence electrons. The maximum Gasteiger partial charge on any atom is 0.266 e. The molecule has 0 spiro atoms. The van der Waals surface area contributed by atoms with Crippen molar-refractivity contribution in [3.05, 3.63) is 99.8 Å². The van der Waals surface area contributed by atoms with Crippen LogP contribution in [0.3, 0.4) is 0 Å². The van der Waals surface area contributed by atoms with E-state index in [1.165, 1.54) is 22.8 Å². The molecule has 1 aromatic heterocycles. The first-order valence-electron chi connectivity index (χ1n) is 8.69. The number of benzene rings is 3. The van der Waals surface area contributed by atoms with Gasteiger partial charge in [0.15, 0.2) is 5.16 Å². The number of rotatable bonds is 4. The quantitative estimate of drug-likeness (QED) is 0.350. The van der Waals surface area contributed by atoms with Crippen LogP contribution >= 0.6 is 11.8 Å². The number of halogens is 2. The second-order valence-corrected chi connectivity index (χ2v) is 7.32. The zero-order valence-corrected chi connectivity index (χ0v) is 15.8. The number of thioether (sulfide) groups is 1. The van der Waals surface area contributed by atoms with Gasteiger partial charge in [0, 0.05) is 11.3 Å². The summed E-state index contributed by atoms with van der Waals surface area (Å²) in [6.45, 7) is 1.96. The highest BCUT2D eigenvalue weighted by Crippen LogP contribution is 2.27. The van der Waals surface area contributed by atoms with Crippen LogP contribution < -0.4 is 5.56 Å². The van der Waals surface area contributed by atoms with Crippen molar-refractivity contribution in [3.63, 3.8) is 0 Å². The Bertz CT molecular complexity index is 1200. The lowest BCUT2D eigenvalue weighted by Crippen LogP contribution is -2.21. The van der Waals surface area contributed by atoms with Gasteiger partial charge in [-0.05, 0) is 43.3 Å². The molecule has 0 bridgehead atoms. The van der Waals surface area contributed by atoms with Gasteiger partial charge in [-0.1, -0.05) is 47.7 Å². The topological polar surface area (TPSA) is 34.9 Å². The number of hydrogen-bond acceptors (Lipinski definition) is 3. The van der Waals surface area contributed by atoms with Gasteiger partial charge in [0.1, 0.15) is 11.6 Å². The zero-order chi connectivity index (χ0) is 19.7. The summed E-state index contributed by atoms with van der Waals surface area (Å²) in [6, 6.07) is 18.3. The predicted molar refractivity (Wildman–Crippen MR) is 108 cm³/mol. The molecule has 0 radical (unpaired) electrons. The lowest BCUT2D eigenvalue weighted by molar-refractivity contribution is 0.566. The van der Waals surface area contributed by atoms with Crippen molar-refractivity contribution in [2.45, 2.75) is 17.8 Å². The van der Waals surface area contributed by atoms with E-state index in [-0.39, 0.29) is 16.9 Å². The van der Waals surface area contributed by atoms with E-state index in [2.05, 4.69) is 4.98 Å². The predicted octanol–water partition coefficient (Wildman–Crippen LogP) is 5.26. The molecule has 0 atom stereocenters. The highest BCUT2D eigenvalue weighted by Gasteiger charge is 2.15. The van der Waals surface area contributed by atoms with Gasteiger partial charge in [-0.15, -0.1) is 0 Å². The molecule has 3 nitrogen and oxygen atoms in total. The Morgan fingerprint density at radius 2 is 1.61 bits per heavy atom. The molecular weight excluding hydrogens is 378 g/mol. The van der Waals surface area contributed by atoms with E-state index in [4.69, 9.17) is 0 Å². The van der Waals surface area contributed by atoms with Crippen molar-refractivity contribution in [2.75, 3.05) is 0 Å². The summed E-state index contributed by atoms with van der Waals surface area (Å²) >= 11 is 1.13. The molecule has 0 aliphatic carbocycles. The van der Waals surface area contributed by atoms with Crippen LogP contribution in [0, 0.1) is 18.6 Å². The summed E-state index contributed by atoms with van der Waals surface area (Å²) in [5, 5.41) is 0.875. The van der Waals surface area contributed by atoms with E-state index in [1.54, 1.807) is 24.3 Å². The molecule has 4 aromatic rings. The summed E-state index contributed by atoms with van der Waals surface area (Å²) in [4.78, 5) is 17.7. The lowest BCUT2D eigenvalue weighted by atomic mass is 10.2. The van der Waals surface area contributed by atoms with E-state index in [0.717, 1.165) is 17.3 Å². The maximum absolute atomic E-state index is 14.0. The Kier molecular flexibility index (Phi) is 4.96. The van der Waals surface area contributed by atoms with Crippen molar-refractivity contribution in [3.8, 4) is 5.69 Å². The molecule has 0 aliphatic rings. The average molecular weight is 394 g/mol. The van der Waals surface area contributed by atoms with Crippen molar-refractivity contribution >= 4 is 22.7 Å². The molecular formula is C22H16F2N2OS. The van der Waals surface area contributed by atoms with E-state index < -0.39 is 11.6 Å². The molecule has 28 heavy (non-hydrogen) atoms. The monoisotopic (exact) mass is 394 g/mol. The van der Waals surface area contributed by atoms with E-state index in [9.17, 15) is 13.6 Å². The maximum atomic E-state index is 14.0. The summed E-state index contributed by atoms with van der Waals surface area (Å²) in [6.07, 6.45) is 0. The fourth-order valence-electron chi connectivity index (χ4n) is 2.94. The van der Waals surface area contributed by atoms with Crippen LogP contribution in [-0.2, 0) is 5.75 Å². The van der Waals surface area contributed by atoms with Crippen molar-refractivity contribution < 1.29 is 8.78 Å². The van der Waals surface area contributed by atoms with Gasteiger partial charge in [-0.25, -0.2) is 13.8 Å². The molecule has 0 saturated carbocycles. The standard InChI is InChI=1S/C22H16F2N2OS/c1-14-9-11-15(12-10-14)26-21(27)16-5-2-3-8-20(16)25-22(26)28-13-17-18(23)6-4-7-19(17)24/h2-12H,13H2,1H3. The Labute approximate surface area is 164 Å². The zero-order valence-electron chi connectivity index (χ0n) is 15.0. The SMILES string of the molecule is Cc1ccc(-n2c(SCc3c(F)cccc3F)nc3ccccc3c2=O)cc1. The molecule has 0 aliphatic heterocycles. The molecule has 0 N–H and O–H groups in total. The number of para-hydroxylation sites is 1. The molecule has 0 saturated heterocycles. The second kappa shape index (κ2) is 7.56. The molecule has 4 rings (SSSR count). The first-order valence-corrected chi connectivity index (χ1v) is 9.67. The van der Waals surface area contributed by atoms with E-state index in [1.807, 2.05) is 31.2 Å². The summed E-state index contributed by atoms with van der Waals surface area (Å²) in [5.74, 6) is -1.20. The highest BCUT2D eigenvalue weighted by molar-refractivity contribution is 7.98. The highest BCUT2D eigenvalue weighted by atomic mass is 32.2. The largest absolute Gasteiger partial charge is 0.268 e. The van der Waals surface area contributed by atoms with Gasteiger partial charge in [-0.2, -0.15) is 0 Å². The molecule has 0 fully saturated rings. The van der Waals surface area contributed by atoms with Crippen LogP contribution in [0.4, 0.5) is 8.78 Å². The smallest absolute Gasteiger partial charge is 0.266 e. The van der Waals surface area contributed by atoms with Gasteiger partial charge < -0.3 is 0 Å². The van der Waals surface area contributed by atoms with E-state index in [0.29, 0.717) is 21.7 Å². The Balaban J connectivity index is 1.85. The van der Waals surface area contributed by atoms with Crippen LogP contribution in [0.2, 0.25) is 0 Å². The third-order valence-electron chi connectivity index (χ3n) is 4.44. The molecule has 0 amide bonds. The first kappa shape index (κ1) is 18.4. The summed E-state index contributed by atoms with van der Waals surface area (Å²) in [7, 11) is 0. The van der Waals surface area contributed by atoms with Crippen molar-refractivity contribution in [1.29, 1.82) is 0 Å². The van der Waals surface area contributed by atoms with Gasteiger partial charge in [0.2, 0.25) is 0 Å². The minimum absolute atomic E-state index is 0.0230. The number of aromatic nitrogens is 2. The average Bonchev–Trinajstić information content (AvgIpc) is 2.69. The minimum atomic E-state index is -0.613. The van der Waals surface area contributed by atoms with Crippen LogP contribution in [0.1, 0.15) is 11.1 Å². The van der Waals surface area contributed by atoms with Crippen LogP contribution in [-0.4, -0.2) is 9.55 Å². The number of aryl methyl sites for hydroxylation is 1. The normalized spacial score (nSPS) is 11.1. The Hall–Kier alpha value is -2.99. The third kappa shape index (κ3) is 3.43. The molecule has 6 heteroatoms. The van der Waals surface area contributed by atoms with Crippen molar-refractivity contribution in [2.24, 2.45) is 0 Å². The number of nitrogens with zero attached hydrogens (tertiary/aromatic N) is 2. The fourth-order valence-corrected chi connectivity index (χ4v) is 3.97. The third-order valence-corrected chi connectivity index (χ3v) is 5.41. The Morgan fingerprint density at radius 3 is 2.32 bits per heavy atom. The molecule has 0 unspecified atom stereocenters. The summed E-state index contributed by atoms with van der Waals surface area (Å²) < 4.78 is 29.5. The molecule has 1 heterocycles. The Morgan fingerprint density at radius 1 is 0.929 bits per heavy atom. The second-order valence-electron chi connectivity index (χ2n) is 6.38. The minimum Gasteiger partial charge on any atom is -0.268 e. The fraction of sp³-hybridized carbons (Fsp3) is 0.0909. The summed E-state index contributed by atoms with van der Waals surface area (Å²) in [5.41, 5.74) is 2.02. The van der Waals surface area contributed by atoms with E-state index >= 15 is 0 Å². The number of hydrogen-bond donors (Lipinski definition) is 0. The van der Waals surface area contributed by atoms with Gasteiger partial charge in [0.05, 0.1) is 16.6 Å². The van der Waals surface area contributed by atoms with Crippen molar-refractivity contribution in [1.82, 2.24) is 9.55 Å². The van der Waals surface area contributed by atoms with Crippen LogP contribution in [0.15, 0.2) is 76.7 Å². The number of fused-ring (bicyclic) bond motifs is 1. The van der Waals surface area contributed by atoms with Crippen LogP contribution in [0.5, 0.6) is 0 Å². The lowest BCUT2D eigenvalue weighted by Gasteiger charge is -2.14. The van der Waals surface area contributed by atoms with Crippen LogP contribution in [0.25, 0.3) is 16.6 Å². The van der Waals surface area contributed by atoms with Gasteiger partial charge in [-0.3, -0.25) is 9.36 Å². The van der Waals surface area contributed by atoms with Gasteiger partial charge in [0.25, 0.3) is 5.56 Å².